The monoisotopic (exact) mass is 315 g/mol. The summed E-state index contributed by atoms with van der Waals surface area (Å²) in [5, 5.41) is 0. The third kappa shape index (κ3) is 3.08. The molecule has 1 nitrogen and oxygen atoms in total. The first-order valence-corrected chi connectivity index (χ1v) is 4.33. The van der Waals surface area contributed by atoms with Gasteiger partial charge in [-0.25, -0.2) is 13.2 Å². The van der Waals surface area contributed by atoms with Crippen LogP contribution in [0, 0.1) is 17.5 Å². The molecule has 0 amide bonds. The van der Waals surface area contributed by atoms with Gasteiger partial charge in [-0.2, -0.15) is 22.0 Å². The number of nitrogens with two attached hydrogens (primary N) is 1. The van der Waals surface area contributed by atoms with Crippen LogP contribution in [0.2, 0.25) is 0 Å². The summed E-state index contributed by atoms with van der Waals surface area (Å²) in [7, 11) is 0. The maximum atomic E-state index is 13.0. The van der Waals surface area contributed by atoms with Crippen LogP contribution in [0.25, 0.3) is 0 Å². The van der Waals surface area contributed by atoms with Gasteiger partial charge in [-0.15, -0.1) is 12.4 Å². The van der Waals surface area contributed by atoms with Crippen LogP contribution in [0.4, 0.5) is 35.1 Å². The molecule has 0 spiro atoms. The highest BCUT2D eigenvalue weighted by molar-refractivity contribution is 5.85. The van der Waals surface area contributed by atoms with E-state index in [1.54, 1.807) is 0 Å². The normalized spacial score (nSPS) is 13.9. The average Bonchev–Trinajstić information content (AvgIpc) is 2.24. The maximum Gasteiger partial charge on any atom is 0.455 e. The van der Waals surface area contributed by atoms with Crippen LogP contribution in [0.3, 0.4) is 0 Å². The second-order valence-corrected chi connectivity index (χ2v) is 3.36. The van der Waals surface area contributed by atoms with Crippen molar-refractivity contribution in [2.24, 2.45) is 5.73 Å². The summed E-state index contributed by atoms with van der Waals surface area (Å²) in [5.74, 6) is -11.5. The number of hydrogen-bond acceptors (Lipinski definition) is 1. The molecule has 0 saturated heterocycles. The molecule has 0 radical (unpaired) electrons. The number of benzene rings is 1. The lowest BCUT2D eigenvalue weighted by molar-refractivity contribution is -0.291. The molecule has 10 heteroatoms. The van der Waals surface area contributed by atoms with Crippen molar-refractivity contribution in [3.8, 4) is 0 Å². The van der Waals surface area contributed by atoms with Gasteiger partial charge in [0, 0.05) is 5.56 Å². The Labute approximate surface area is 107 Å². The van der Waals surface area contributed by atoms with Gasteiger partial charge >= 0.3 is 12.1 Å². The van der Waals surface area contributed by atoms with Gasteiger partial charge in [0.15, 0.2) is 17.5 Å². The fraction of sp³-hybridized carbons (Fsp3) is 0.333. The fourth-order valence-corrected chi connectivity index (χ4v) is 1.15. The zero-order chi connectivity index (χ0) is 14.3. The Morgan fingerprint density at radius 2 is 1.37 bits per heavy atom. The molecule has 0 heterocycles. The van der Waals surface area contributed by atoms with Crippen molar-refractivity contribution in [2.75, 3.05) is 0 Å². The maximum absolute atomic E-state index is 13.0. The SMILES string of the molecule is Cl.N[C@@H](c1ccc(F)c(F)c1F)C(F)(F)C(F)(F)F. The van der Waals surface area contributed by atoms with Crippen LogP contribution in [0.1, 0.15) is 11.6 Å². The van der Waals surface area contributed by atoms with Gasteiger partial charge in [0.05, 0.1) is 0 Å². The van der Waals surface area contributed by atoms with E-state index < -0.39 is 41.2 Å². The summed E-state index contributed by atoms with van der Waals surface area (Å²) >= 11 is 0. The molecule has 0 bridgehead atoms. The zero-order valence-corrected chi connectivity index (χ0v) is 9.56. The van der Waals surface area contributed by atoms with Crippen LogP contribution in [-0.2, 0) is 0 Å². The highest BCUT2D eigenvalue weighted by Gasteiger charge is 2.62. The molecule has 0 saturated carbocycles. The molecule has 1 aromatic carbocycles. The smallest absolute Gasteiger partial charge is 0.319 e. The molecule has 1 rings (SSSR count). The molecule has 0 unspecified atom stereocenters. The van der Waals surface area contributed by atoms with Crippen molar-refractivity contribution < 1.29 is 35.1 Å². The minimum atomic E-state index is -6.04. The highest BCUT2D eigenvalue weighted by Crippen LogP contribution is 2.43. The van der Waals surface area contributed by atoms with E-state index in [2.05, 4.69) is 5.73 Å². The largest absolute Gasteiger partial charge is 0.455 e. The van der Waals surface area contributed by atoms with E-state index in [0.717, 1.165) is 0 Å². The van der Waals surface area contributed by atoms with Crippen LogP contribution >= 0.6 is 12.4 Å². The second-order valence-electron chi connectivity index (χ2n) is 3.36. The van der Waals surface area contributed by atoms with E-state index in [0.29, 0.717) is 0 Å². The summed E-state index contributed by atoms with van der Waals surface area (Å²) < 4.78 is 99.7. The molecule has 0 aromatic heterocycles. The van der Waals surface area contributed by atoms with E-state index in [9.17, 15) is 35.1 Å². The molecule has 0 fully saturated rings. The van der Waals surface area contributed by atoms with Crippen LogP contribution in [0.5, 0.6) is 0 Å². The van der Waals surface area contributed by atoms with Gasteiger partial charge < -0.3 is 5.73 Å². The Kier molecular flexibility index (Phi) is 5.18. The van der Waals surface area contributed by atoms with E-state index in [1.807, 2.05) is 0 Å². The predicted molar refractivity (Wildman–Crippen MR) is 51.5 cm³/mol. The second kappa shape index (κ2) is 5.49. The first-order chi connectivity index (χ1) is 8.00. The van der Waals surface area contributed by atoms with Crippen molar-refractivity contribution >= 4 is 12.4 Å². The average molecular weight is 316 g/mol. The summed E-state index contributed by atoms with van der Waals surface area (Å²) in [6.45, 7) is 0. The summed E-state index contributed by atoms with van der Waals surface area (Å²) in [6, 6.07) is -2.73. The van der Waals surface area contributed by atoms with Gasteiger partial charge in [0.2, 0.25) is 0 Å². The van der Waals surface area contributed by atoms with Crippen molar-refractivity contribution in [1.82, 2.24) is 0 Å². The van der Waals surface area contributed by atoms with Gasteiger partial charge in [0.1, 0.15) is 6.04 Å². The molecule has 2 N–H and O–H groups in total. The van der Waals surface area contributed by atoms with Crippen molar-refractivity contribution in [2.45, 2.75) is 18.1 Å². The number of hydrogen-bond donors (Lipinski definition) is 1. The Morgan fingerprint density at radius 3 is 1.79 bits per heavy atom. The standard InChI is InChI=1S/C9H5F8N.ClH/c10-4-2-1-3(5(11)6(4)12)7(18)8(13,14)9(15,16)17;/h1-2,7H,18H2;1H/t7-;/m0./s1. The first kappa shape index (κ1) is 17.9. The van der Waals surface area contributed by atoms with E-state index >= 15 is 0 Å². The van der Waals surface area contributed by atoms with Crippen LogP contribution in [0.15, 0.2) is 12.1 Å². The minimum Gasteiger partial charge on any atom is -0.319 e. The molecule has 1 atom stereocenters. The molecule has 0 aliphatic heterocycles. The third-order valence-electron chi connectivity index (χ3n) is 2.17. The minimum absolute atomic E-state index is 0. The summed E-state index contributed by atoms with van der Waals surface area (Å²) in [5.41, 5.74) is 3.12. The van der Waals surface area contributed by atoms with Gasteiger partial charge in [0.25, 0.3) is 0 Å². The lowest BCUT2D eigenvalue weighted by atomic mass is 10.00. The Balaban J connectivity index is 0.00000324. The van der Waals surface area contributed by atoms with E-state index in [4.69, 9.17) is 0 Å². The van der Waals surface area contributed by atoms with Crippen molar-refractivity contribution in [1.29, 1.82) is 0 Å². The van der Waals surface area contributed by atoms with Crippen molar-refractivity contribution in [3.63, 3.8) is 0 Å². The Morgan fingerprint density at radius 1 is 0.895 bits per heavy atom. The molecule has 0 aliphatic carbocycles. The predicted octanol–water partition coefficient (Wildman–Crippen LogP) is 3.72. The third-order valence-corrected chi connectivity index (χ3v) is 2.17. The zero-order valence-electron chi connectivity index (χ0n) is 8.74. The molecule has 110 valence electrons. The van der Waals surface area contributed by atoms with E-state index in [1.165, 1.54) is 0 Å². The number of halogens is 9. The van der Waals surface area contributed by atoms with E-state index in [-0.39, 0.29) is 24.5 Å². The lowest BCUT2D eigenvalue weighted by Crippen LogP contribution is -2.46. The van der Waals surface area contributed by atoms with Gasteiger partial charge in [-0.05, 0) is 6.07 Å². The quantitative estimate of drug-likeness (QED) is 0.653. The molecule has 19 heavy (non-hydrogen) atoms. The van der Waals surface area contributed by atoms with Crippen LogP contribution < -0.4 is 5.73 Å². The van der Waals surface area contributed by atoms with Crippen LogP contribution in [-0.4, -0.2) is 12.1 Å². The fourth-order valence-electron chi connectivity index (χ4n) is 1.15. The van der Waals surface area contributed by atoms with Crippen molar-refractivity contribution in [3.05, 3.63) is 35.1 Å². The Bertz CT molecular complexity index is 458. The summed E-state index contributed by atoms with van der Waals surface area (Å²) in [4.78, 5) is 0. The number of alkyl halides is 5. The Hall–Kier alpha value is -1.09. The molecular weight excluding hydrogens is 310 g/mol. The highest BCUT2D eigenvalue weighted by atomic mass is 35.5. The van der Waals surface area contributed by atoms with Gasteiger partial charge in [-0.1, -0.05) is 6.07 Å². The summed E-state index contributed by atoms with van der Waals surface area (Å²) in [6.07, 6.45) is -6.04. The first-order valence-electron chi connectivity index (χ1n) is 4.33. The lowest BCUT2D eigenvalue weighted by Gasteiger charge is -2.26. The molecular formula is C9H6ClF8N. The topological polar surface area (TPSA) is 26.0 Å². The molecule has 0 aliphatic rings. The van der Waals surface area contributed by atoms with Gasteiger partial charge in [-0.3, -0.25) is 0 Å². The number of rotatable bonds is 2. The molecule has 1 aromatic rings.